The molecule has 0 aliphatic rings. The molecule has 0 unspecified atom stereocenters. The highest BCUT2D eigenvalue weighted by Crippen LogP contribution is 2.25. The number of nitrogen functional groups attached to an aromatic ring is 1. The van der Waals surface area contributed by atoms with E-state index in [9.17, 15) is 9.59 Å². The molecule has 0 saturated carbocycles. The summed E-state index contributed by atoms with van der Waals surface area (Å²) in [6.07, 6.45) is 3.18. The number of carbonyl (C=O) groups excluding carboxylic acids is 2. The van der Waals surface area contributed by atoms with Crippen LogP contribution in [0.2, 0.25) is 0 Å². The summed E-state index contributed by atoms with van der Waals surface area (Å²) in [6.45, 7) is 0.282. The van der Waals surface area contributed by atoms with Gasteiger partial charge >= 0.3 is 6.03 Å². The van der Waals surface area contributed by atoms with E-state index in [0.717, 1.165) is 5.56 Å². The van der Waals surface area contributed by atoms with Crippen molar-refractivity contribution < 1.29 is 14.1 Å². The van der Waals surface area contributed by atoms with Gasteiger partial charge in [0.2, 0.25) is 0 Å². The lowest BCUT2D eigenvalue weighted by molar-refractivity contribution is 0.102. The van der Waals surface area contributed by atoms with Crippen LogP contribution < -0.4 is 21.7 Å². The number of aromatic nitrogens is 2. The minimum absolute atomic E-state index is 0.160. The number of nitrogens with two attached hydrogens (primary N) is 1. The van der Waals surface area contributed by atoms with Crippen molar-refractivity contribution in [2.45, 2.75) is 6.54 Å². The Morgan fingerprint density at radius 1 is 1.00 bits per heavy atom. The van der Waals surface area contributed by atoms with Crippen LogP contribution in [0.4, 0.5) is 22.0 Å². The van der Waals surface area contributed by atoms with Gasteiger partial charge < -0.3 is 26.2 Å². The van der Waals surface area contributed by atoms with Gasteiger partial charge in [-0.15, -0.1) is 0 Å². The first-order valence-electron chi connectivity index (χ1n) is 9.09. The van der Waals surface area contributed by atoms with Gasteiger partial charge in [-0.25, -0.2) is 4.79 Å². The maximum atomic E-state index is 12.7. The number of nitrogens with zero attached hydrogens (tertiary/aromatic N) is 2. The van der Waals surface area contributed by atoms with Crippen LogP contribution in [0, 0.1) is 0 Å². The first kappa shape index (κ1) is 18.9. The van der Waals surface area contributed by atoms with Gasteiger partial charge in [0, 0.05) is 18.4 Å². The van der Waals surface area contributed by atoms with E-state index in [1.165, 1.54) is 0 Å². The normalized spacial score (nSPS) is 10.5. The van der Waals surface area contributed by atoms with Crippen molar-refractivity contribution in [2.75, 3.05) is 16.4 Å². The fourth-order valence-corrected chi connectivity index (χ4v) is 2.96. The van der Waals surface area contributed by atoms with Crippen LogP contribution in [0.3, 0.4) is 0 Å². The first-order valence-corrected chi connectivity index (χ1v) is 9.09. The third-order valence-corrected chi connectivity index (χ3v) is 4.33. The molecule has 2 aromatic heterocycles. The molecule has 4 rings (SSSR count). The molecule has 0 radical (unpaired) electrons. The molecule has 0 aliphatic carbocycles. The van der Waals surface area contributed by atoms with Crippen molar-refractivity contribution in [1.29, 1.82) is 0 Å². The zero-order valence-electron chi connectivity index (χ0n) is 15.8. The lowest BCUT2D eigenvalue weighted by Gasteiger charge is -2.10. The van der Waals surface area contributed by atoms with E-state index in [1.54, 1.807) is 60.9 Å². The fourth-order valence-electron chi connectivity index (χ4n) is 2.96. The van der Waals surface area contributed by atoms with Crippen molar-refractivity contribution in [2.24, 2.45) is 0 Å². The lowest BCUT2D eigenvalue weighted by atomic mass is 10.1. The molecule has 0 aliphatic heterocycles. The Kier molecular flexibility index (Phi) is 5.25. The van der Waals surface area contributed by atoms with Crippen LogP contribution in [0.1, 0.15) is 15.9 Å². The van der Waals surface area contributed by atoms with Crippen LogP contribution in [0.25, 0.3) is 11.0 Å². The standard InChI is InChI=1S/C21H18N6O3/c22-19-18-16(7-2-8-17(18)30-27-19)20(28)25-14-5-1-4-13(10-14)11-24-21(29)26-15-6-3-9-23-12-15/h1-10,12H,11H2,(H2,22,27)(H,25,28)(H2,24,26,29). The highest BCUT2D eigenvalue weighted by molar-refractivity contribution is 6.14. The topological polar surface area (TPSA) is 135 Å². The Morgan fingerprint density at radius 3 is 2.67 bits per heavy atom. The maximum absolute atomic E-state index is 12.7. The summed E-state index contributed by atoms with van der Waals surface area (Å²) >= 11 is 0. The van der Waals surface area contributed by atoms with E-state index in [0.29, 0.717) is 27.9 Å². The van der Waals surface area contributed by atoms with E-state index in [2.05, 4.69) is 26.1 Å². The van der Waals surface area contributed by atoms with E-state index in [1.807, 2.05) is 6.07 Å². The van der Waals surface area contributed by atoms with Gasteiger partial charge in [-0.2, -0.15) is 0 Å². The SMILES string of the molecule is Nc1noc2cccc(C(=O)Nc3cccc(CNC(=O)Nc4cccnc4)c3)c12. The number of carbonyl (C=O) groups is 2. The lowest BCUT2D eigenvalue weighted by Crippen LogP contribution is -2.28. The summed E-state index contributed by atoms with van der Waals surface area (Å²) in [5.41, 5.74) is 8.62. The number of fused-ring (bicyclic) bond motifs is 1. The minimum Gasteiger partial charge on any atom is -0.380 e. The Balaban J connectivity index is 1.41. The molecule has 2 heterocycles. The quantitative estimate of drug-likeness (QED) is 0.404. The summed E-state index contributed by atoms with van der Waals surface area (Å²) in [5.74, 6) is -0.178. The monoisotopic (exact) mass is 402 g/mol. The molecule has 150 valence electrons. The second kappa shape index (κ2) is 8.31. The number of hydrogen-bond donors (Lipinski definition) is 4. The molecule has 0 atom stereocenters. The molecule has 0 bridgehead atoms. The number of rotatable bonds is 5. The van der Waals surface area contributed by atoms with E-state index < -0.39 is 0 Å². The molecule has 9 heteroatoms. The van der Waals surface area contributed by atoms with E-state index >= 15 is 0 Å². The number of urea groups is 1. The second-order valence-electron chi connectivity index (χ2n) is 6.45. The molecule has 0 saturated heterocycles. The van der Waals surface area contributed by atoms with Crippen LogP contribution in [-0.4, -0.2) is 22.1 Å². The highest BCUT2D eigenvalue weighted by Gasteiger charge is 2.16. The van der Waals surface area contributed by atoms with Gasteiger partial charge in [0.25, 0.3) is 5.91 Å². The predicted octanol–water partition coefficient (Wildman–Crippen LogP) is 3.38. The van der Waals surface area contributed by atoms with Gasteiger partial charge in [-0.05, 0) is 42.0 Å². The zero-order valence-corrected chi connectivity index (χ0v) is 15.8. The Labute approximate surface area is 171 Å². The van der Waals surface area contributed by atoms with Gasteiger partial charge in [0.05, 0.1) is 22.8 Å². The Hall–Kier alpha value is -4.40. The zero-order chi connectivity index (χ0) is 20.9. The number of anilines is 3. The van der Waals surface area contributed by atoms with Crippen molar-refractivity contribution in [1.82, 2.24) is 15.5 Å². The number of nitrogens with one attached hydrogen (secondary N) is 3. The summed E-state index contributed by atoms with van der Waals surface area (Å²) in [5, 5.41) is 12.5. The van der Waals surface area contributed by atoms with Crippen LogP contribution in [0.15, 0.2) is 71.5 Å². The molecule has 4 aromatic rings. The number of hydrogen-bond acceptors (Lipinski definition) is 6. The summed E-state index contributed by atoms with van der Waals surface area (Å²) in [6, 6.07) is 15.3. The molecular weight excluding hydrogens is 384 g/mol. The summed E-state index contributed by atoms with van der Waals surface area (Å²) < 4.78 is 5.10. The summed E-state index contributed by atoms with van der Waals surface area (Å²) in [4.78, 5) is 28.7. The van der Waals surface area contributed by atoms with Crippen molar-refractivity contribution in [3.63, 3.8) is 0 Å². The molecule has 3 amide bonds. The van der Waals surface area contributed by atoms with Crippen molar-refractivity contribution in [3.05, 3.63) is 78.1 Å². The molecule has 2 aromatic carbocycles. The van der Waals surface area contributed by atoms with Gasteiger partial charge in [-0.1, -0.05) is 23.4 Å². The third-order valence-electron chi connectivity index (χ3n) is 4.33. The van der Waals surface area contributed by atoms with Crippen LogP contribution in [0.5, 0.6) is 0 Å². The molecular formula is C21H18N6O3. The van der Waals surface area contributed by atoms with E-state index in [4.69, 9.17) is 10.3 Å². The molecule has 5 N–H and O–H groups in total. The smallest absolute Gasteiger partial charge is 0.319 e. The highest BCUT2D eigenvalue weighted by atomic mass is 16.5. The Bertz CT molecular complexity index is 1210. The minimum atomic E-state index is -0.355. The average Bonchev–Trinajstić information content (AvgIpc) is 3.14. The summed E-state index contributed by atoms with van der Waals surface area (Å²) in [7, 11) is 0. The van der Waals surface area contributed by atoms with Gasteiger partial charge in [0.1, 0.15) is 0 Å². The average molecular weight is 402 g/mol. The largest absolute Gasteiger partial charge is 0.380 e. The molecule has 9 nitrogen and oxygen atoms in total. The van der Waals surface area contributed by atoms with Crippen LogP contribution in [-0.2, 0) is 6.54 Å². The van der Waals surface area contributed by atoms with Gasteiger partial charge in [0.15, 0.2) is 11.4 Å². The second-order valence-corrected chi connectivity index (χ2v) is 6.45. The first-order chi connectivity index (χ1) is 14.6. The molecule has 30 heavy (non-hydrogen) atoms. The number of benzene rings is 2. The maximum Gasteiger partial charge on any atom is 0.319 e. The Morgan fingerprint density at radius 2 is 1.83 bits per heavy atom. The molecule has 0 fully saturated rings. The van der Waals surface area contributed by atoms with Crippen LogP contribution >= 0.6 is 0 Å². The number of pyridine rings is 1. The van der Waals surface area contributed by atoms with Crippen molar-refractivity contribution >= 4 is 40.1 Å². The van der Waals surface area contributed by atoms with Gasteiger partial charge in [-0.3, -0.25) is 9.78 Å². The van der Waals surface area contributed by atoms with E-state index in [-0.39, 0.29) is 24.3 Å². The third kappa shape index (κ3) is 4.20. The molecule has 0 spiro atoms. The van der Waals surface area contributed by atoms with Crippen molar-refractivity contribution in [3.8, 4) is 0 Å². The predicted molar refractivity (Wildman–Crippen MR) is 113 cm³/mol. The fraction of sp³-hybridized carbons (Fsp3) is 0.0476. The number of amides is 3.